The van der Waals surface area contributed by atoms with E-state index >= 15 is 0 Å². The smallest absolute Gasteiger partial charge is 0.326 e. The first-order chi connectivity index (χ1) is 11.8. The van der Waals surface area contributed by atoms with E-state index in [0.717, 1.165) is 18.5 Å². The van der Waals surface area contributed by atoms with E-state index in [1.807, 2.05) is 0 Å². The zero-order valence-corrected chi connectivity index (χ0v) is 13.8. The van der Waals surface area contributed by atoms with E-state index in [2.05, 4.69) is 10.3 Å². The van der Waals surface area contributed by atoms with Crippen LogP contribution in [0.15, 0.2) is 24.3 Å². The predicted octanol–water partition coefficient (Wildman–Crippen LogP) is 3.60. The number of carboxylic acid groups (broad SMARTS) is 1. The van der Waals surface area contributed by atoms with Gasteiger partial charge < -0.3 is 10.4 Å². The van der Waals surface area contributed by atoms with Gasteiger partial charge in [-0.3, -0.25) is 9.78 Å². The van der Waals surface area contributed by atoms with Gasteiger partial charge in [0.2, 0.25) is 6.43 Å². The maximum atomic E-state index is 12.6. The topological polar surface area (TPSA) is 79.3 Å². The monoisotopic (exact) mass is 368 g/mol. The average molecular weight is 369 g/mol. The lowest BCUT2D eigenvalue weighted by Crippen LogP contribution is -2.42. The number of rotatable bonds is 6. The number of aromatic nitrogens is 1. The molecule has 1 aliphatic carbocycles. The second kappa shape index (κ2) is 6.92. The number of carbonyl (C=O) groups is 2. The Bertz CT molecular complexity index is 840. The Morgan fingerprint density at radius 2 is 2.04 bits per heavy atom. The van der Waals surface area contributed by atoms with Crippen LogP contribution in [0.2, 0.25) is 5.02 Å². The molecule has 1 atom stereocenters. The summed E-state index contributed by atoms with van der Waals surface area (Å²) < 4.78 is 25.1. The molecule has 1 aromatic heterocycles. The van der Waals surface area contributed by atoms with Crippen molar-refractivity contribution in [3.05, 3.63) is 40.5 Å². The van der Waals surface area contributed by atoms with Gasteiger partial charge in [0.05, 0.1) is 11.1 Å². The van der Waals surface area contributed by atoms with Crippen LogP contribution >= 0.6 is 11.6 Å². The van der Waals surface area contributed by atoms with E-state index < -0.39 is 30.8 Å². The minimum absolute atomic E-state index is 0.190. The first kappa shape index (κ1) is 17.5. The number of aliphatic carboxylic acids is 1. The third-order valence-corrected chi connectivity index (χ3v) is 4.28. The molecule has 5 nitrogen and oxygen atoms in total. The van der Waals surface area contributed by atoms with Crippen molar-refractivity contribution in [3.8, 4) is 0 Å². The fraction of sp³-hybridized carbons (Fsp3) is 0.353. The summed E-state index contributed by atoms with van der Waals surface area (Å²) in [6.07, 6.45) is -1.86. The van der Waals surface area contributed by atoms with Crippen LogP contribution in [-0.2, 0) is 4.79 Å². The lowest BCUT2D eigenvalue weighted by molar-refractivity contribution is -0.140. The Hall–Kier alpha value is -2.28. The van der Waals surface area contributed by atoms with Crippen molar-refractivity contribution >= 4 is 34.4 Å². The highest BCUT2D eigenvalue weighted by atomic mass is 35.5. The standard InChI is InChI=1S/C17H15ClF2N2O3/c18-9-3-4-12-10(5-9)11(6-13(21-12)8-1-2-8)16(23)22-14(17(24)25)7-15(19)20/h3-6,8,14-15H,1-2,7H2,(H,22,23)(H,24,25). The quantitative estimate of drug-likeness (QED) is 0.816. The predicted molar refractivity (Wildman–Crippen MR) is 88.2 cm³/mol. The number of amides is 1. The molecule has 2 N–H and O–H groups in total. The van der Waals surface area contributed by atoms with Gasteiger partial charge in [-0.05, 0) is 37.1 Å². The summed E-state index contributed by atoms with van der Waals surface area (Å²) in [4.78, 5) is 28.2. The lowest BCUT2D eigenvalue weighted by Gasteiger charge is -2.15. The van der Waals surface area contributed by atoms with Crippen molar-refractivity contribution in [1.82, 2.24) is 10.3 Å². The van der Waals surface area contributed by atoms with Crippen LogP contribution < -0.4 is 5.32 Å². The van der Waals surface area contributed by atoms with Crippen LogP contribution in [0.1, 0.15) is 41.2 Å². The number of pyridine rings is 1. The maximum Gasteiger partial charge on any atom is 0.326 e. The normalized spacial score (nSPS) is 15.4. The largest absolute Gasteiger partial charge is 0.480 e. The molecular weight excluding hydrogens is 354 g/mol. The number of nitrogens with one attached hydrogen (secondary N) is 1. The third-order valence-electron chi connectivity index (χ3n) is 4.05. The van der Waals surface area contributed by atoms with Crippen LogP contribution in [0.25, 0.3) is 10.9 Å². The van der Waals surface area contributed by atoms with Gasteiger partial charge in [0.25, 0.3) is 5.91 Å². The van der Waals surface area contributed by atoms with Crippen molar-refractivity contribution in [2.45, 2.75) is 37.6 Å². The van der Waals surface area contributed by atoms with Gasteiger partial charge in [0.15, 0.2) is 0 Å². The third kappa shape index (κ3) is 4.04. The van der Waals surface area contributed by atoms with Crippen molar-refractivity contribution in [2.24, 2.45) is 0 Å². The molecule has 2 aromatic rings. The Labute approximate surface area is 147 Å². The Kier molecular flexibility index (Phi) is 4.85. The van der Waals surface area contributed by atoms with Crippen molar-refractivity contribution in [2.75, 3.05) is 0 Å². The molecule has 8 heteroatoms. The Morgan fingerprint density at radius 3 is 2.64 bits per heavy atom. The van der Waals surface area contributed by atoms with Crippen LogP contribution in [0.3, 0.4) is 0 Å². The molecule has 0 saturated heterocycles. The van der Waals surface area contributed by atoms with Gasteiger partial charge in [-0.1, -0.05) is 11.6 Å². The number of carbonyl (C=O) groups excluding carboxylic acids is 1. The highest BCUT2D eigenvalue weighted by Gasteiger charge is 2.29. The minimum Gasteiger partial charge on any atom is -0.480 e. The van der Waals surface area contributed by atoms with Gasteiger partial charge in [0.1, 0.15) is 6.04 Å². The van der Waals surface area contributed by atoms with Crippen LogP contribution in [0.4, 0.5) is 8.78 Å². The summed E-state index contributed by atoms with van der Waals surface area (Å²) in [5, 5.41) is 12.1. The summed E-state index contributed by atoms with van der Waals surface area (Å²) in [5.41, 5.74) is 1.48. The highest BCUT2D eigenvalue weighted by molar-refractivity contribution is 6.31. The van der Waals surface area contributed by atoms with Crippen LogP contribution in [0, 0.1) is 0 Å². The van der Waals surface area contributed by atoms with Crippen molar-refractivity contribution < 1.29 is 23.5 Å². The van der Waals surface area contributed by atoms with E-state index in [4.69, 9.17) is 16.7 Å². The van der Waals surface area contributed by atoms with Gasteiger partial charge in [-0.15, -0.1) is 0 Å². The van der Waals surface area contributed by atoms with E-state index in [0.29, 0.717) is 15.9 Å². The molecule has 25 heavy (non-hydrogen) atoms. The van der Waals surface area contributed by atoms with Crippen LogP contribution in [-0.4, -0.2) is 34.4 Å². The maximum absolute atomic E-state index is 12.6. The molecule has 0 spiro atoms. The molecule has 1 saturated carbocycles. The molecule has 1 aliphatic rings. The Morgan fingerprint density at radius 1 is 1.32 bits per heavy atom. The summed E-state index contributed by atoms with van der Waals surface area (Å²) in [5.74, 6) is -1.97. The summed E-state index contributed by atoms with van der Waals surface area (Å²) in [6, 6.07) is 4.80. The molecule has 1 aromatic carbocycles. The average Bonchev–Trinajstić information content (AvgIpc) is 3.37. The first-order valence-corrected chi connectivity index (χ1v) is 8.15. The zero-order chi connectivity index (χ0) is 18.1. The molecule has 0 bridgehead atoms. The van der Waals surface area contributed by atoms with Gasteiger partial charge in [0, 0.05) is 28.4 Å². The first-order valence-electron chi connectivity index (χ1n) is 7.77. The van der Waals surface area contributed by atoms with E-state index in [9.17, 15) is 18.4 Å². The molecule has 1 heterocycles. The minimum atomic E-state index is -2.84. The second-order valence-electron chi connectivity index (χ2n) is 6.02. The highest BCUT2D eigenvalue weighted by Crippen LogP contribution is 2.40. The number of benzene rings is 1. The fourth-order valence-electron chi connectivity index (χ4n) is 2.63. The summed E-state index contributed by atoms with van der Waals surface area (Å²) >= 11 is 5.98. The van der Waals surface area contributed by atoms with Gasteiger partial charge in [-0.25, -0.2) is 13.6 Å². The summed E-state index contributed by atoms with van der Waals surface area (Å²) in [6.45, 7) is 0. The van der Waals surface area contributed by atoms with Crippen molar-refractivity contribution in [1.29, 1.82) is 0 Å². The Balaban J connectivity index is 1.99. The second-order valence-corrected chi connectivity index (χ2v) is 6.46. The van der Waals surface area contributed by atoms with Gasteiger partial charge in [-0.2, -0.15) is 0 Å². The van der Waals surface area contributed by atoms with Gasteiger partial charge >= 0.3 is 5.97 Å². The van der Waals surface area contributed by atoms with E-state index in [-0.39, 0.29) is 11.5 Å². The zero-order valence-electron chi connectivity index (χ0n) is 13.0. The molecule has 3 rings (SSSR count). The number of fused-ring (bicyclic) bond motifs is 1. The molecule has 132 valence electrons. The summed E-state index contributed by atoms with van der Waals surface area (Å²) in [7, 11) is 0. The van der Waals surface area contributed by atoms with E-state index in [1.54, 1.807) is 24.3 Å². The fourth-order valence-corrected chi connectivity index (χ4v) is 2.80. The molecular formula is C17H15ClF2N2O3. The van der Waals surface area contributed by atoms with Crippen LogP contribution in [0.5, 0.6) is 0 Å². The molecule has 1 fully saturated rings. The number of hydrogen-bond acceptors (Lipinski definition) is 3. The molecule has 1 amide bonds. The van der Waals surface area contributed by atoms with E-state index in [1.165, 1.54) is 0 Å². The number of halogens is 3. The molecule has 0 radical (unpaired) electrons. The number of carboxylic acids is 1. The lowest BCUT2D eigenvalue weighted by atomic mass is 10.0. The molecule has 1 unspecified atom stereocenters. The SMILES string of the molecule is O=C(NC(CC(F)F)C(=O)O)c1cc(C2CC2)nc2ccc(Cl)cc12. The number of nitrogens with zero attached hydrogens (tertiary/aromatic N) is 1. The molecule has 0 aliphatic heterocycles. The van der Waals surface area contributed by atoms with Crippen molar-refractivity contribution in [3.63, 3.8) is 0 Å². The number of alkyl halides is 2. The number of hydrogen-bond donors (Lipinski definition) is 2.